The first-order chi connectivity index (χ1) is 8.81. The summed E-state index contributed by atoms with van der Waals surface area (Å²) in [6.45, 7) is 8.06. The Morgan fingerprint density at radius 2 is 1.58 bits per heavy atom. The van der Waals surface area contributed by atoms with Crippen molar-refractivity contribution in [2.75, 3.05) is 13.7 Å². The van der Waals surface area contributed by atoms with E-state index < -0.39 is 17.9 Å². The van der Waals surface area contributed by atoms with Crippen LogP contribution >= 0.6 is 0 Å². The van der Waals surface area contributed by atoms with Gasteiger partial charge < -0.3 is 28.4 Å². The molecular weight excluding hydrogens is 252 g/mol. The lowest BCUT2D eigenvalue weighted by Crippen LogP contribution is -2.40. The first kappa shape index (κ1) is 13.7. The van der Waals surface area contributed by atoms with Gasteiger partial charge in [0.15, 0.2) is 17.9 Å². The maximum Gasteiger partial charge on any atom is 0.186 e. The molecule has 3 heterocycles. The number of ether oxygens (including phenoxy) is 6. The molecule has 19 heavy (non-hydrogen) atoms. The first-order valence-corrected chi connectivity index (χ1v) is 6.67. The molecule has 0 aromatic heterocycles. The van der Waals surface area contributed by atoms with Crippen molar-refractivity contribution in [1.29, 1.82) is 0 Å². The zero-order chi connectivity index (χ0) is 13.8. The molecule has 3 aliphatic rings. The zero-order valence-electron chi connectivity index (χ0n) is 12.0. The fourth-order valence-electron chi connectivity index (χ4n) is 2.96. The van der Waals surface area contributed by atoms with Crippen LogP contribution < -0.4 is 0 Å². The van der Waals surface area contributed by atoms with E-state index in [1.807, 2.05) is 27.7 Å². The molecule has 0 radical (unpaired) electrons. The Morgan fingerprint density at radius 3 is 2.16 bits per heavy atom. The van der Waals surface area contributed by atoms with Crippen molar-refractivity contribution in [3.05, 3.63) is 0 Å². The van der Waals surface area contributed by atoms with Crippen molar-refractivity contribution >= 4 is 0 Å². The van der Waals surface area contributed by atoms with Crippen LogP contribution in [0.5, 0.6) is 0 Å². The van der Waals surface area contributed by atoms with Gasteiger partial charge in [-0.25, -0.2) is 0 Å². The van der Waals surface area contributed by atoms with E-state index in [0.29, 0.717) is 6.61 Å². The van der Waals surface area contributed by atoms with E-state index in [1.165, 1.54) is 0 Å². The molecule has 3 saturated heterocycles. The third-order valence-corrected chi connectivity index (χ3v) is 3.68. The van der Waals surface area contributed by atoms with E-state index in [1.54, 1.807) is 7.11 Å². The summed E-state index contributed by atoms with van der Waals surface area (Å²) in [5, 5.41) is 0. The molecule has 3 rings (SSSR count). The zero-order valence-corrected chi connectivity index (χ0v) is 12.0. The lowest BCUT2D eigenvalue weighted by molar-refractivity contribution is -0.241. The second kappa shape index (κ2) is 4.38. The molecular formula is C13H22O6. The number of fused-ring (bicyclic) bond motifs is 1. The quantitative estimate of drug-likeness (QED) is 0.749. The number of rotatable bonds is 2. The highest BCUT2D eigenvalue weighted by molar-refractivity contribution is 4.99. The van der Waals surface area contributed by atoms with Gasteiger partial charge in [0.25, 0.3) is 0 Å². The van der Waals surface area contributed by atoms with Gasteiger partial charge in [-0.15, -0.1) is 0 Å². The molecule has 0 saturated carbocycles. The Hall–Kier alpha value is -0.240. The van der Waals surface area contributed by atoms with Gasteiger partial charge in [0.1, 0.15) is 24.4 Å². The van der Waals surface area contributed by atoms with Crippen LogP contribution in [0.3, 0.4) is 0 Å². The molecule has 0 N–H and O–H groups in total. The standard InChI is InChI=1S/C13H22O6/c1-12(2)15-6-7(17-12)8-9-10(11(14-5)16-8)19-13(3,4)18-9/h7-11H,6H2,1-5H3/t7-,8+,9-,10-,11?/m0/s1. The molecule has 0 aromatic carbocycles. The van der Waals surface area contributed by atoms with Gasteiger partial charge in [0, 0.05) is 7.11 Å². The van der Waals surface area contributed by atoms with Gasteiger partial charge in [-0.1, -0.05) is 0 Å². The summed E-state index contributed by atoms with van der Waals surface area (Å²) in [7, 11) is 1.61. The Morgan fingerprint density at radius 1 is 0.895 bits per heavy atom. The molecule has 0 aromatic rings. The lowest BCUT2D eigenvalue weighted by atomic mass is 10.1. The minimum absolute atomic E-state index is 0.167. The normalized spacial score (nSPS) is 47.5. The molecule has 6 nitrogen and oxygen atoms in total. The van der Waals surface area contributed by atoms with Crippen molar-refractivity contribution in [1.82, 2.24) is 0 Å². The van der Waals surface area contributed by atoms with Crippen molar-refractivity contribution in [3.8, 4) is 0 Å². The summed E-state index contributed by atoms with van der Waals surface area (Å²) < 4.78 is 34.5. The number of methoxy groups -OCH3 is 1. The van der Waals surface area contributed by atoms with Crippen molar-refractivity contribution < 1.29 is 28.4 Å². The van der Waals surface area contributed by atoms with Gasteiger partial charge in [-0.2, -0.15) is 0 Å². The van der Waals surface area contributed by atoms with Crippen LogP contribution in [0, 0.1) is 0 Å². The molecule has 1 unspecified atom stereocenters. The molecule has 0 amide bonds. The van der Waals surface area contributed by atoms with E-state index in [9.17, 15) is 0 Å². The maximum atomic E-state index is 5.94. The fraction of sp³-hybridized carbons (Fsp3) is 1.00. The van der Waals surface area contributed by atoms with Crippen LogP contribution in [0.2, 0.25) is 0 Å². The van der Waals surface area contributed by atoms with Gasteiger partial charge in [-0.3, -0.25) is 0 Å². The Labute approximate surface area is 113 Å². The van der Waals surface area contributed by atoms with Crippen LogP contribution in [-0.4, -0.2) is 56.0 Å². The predicted octanol–water partition coefficient (Wildman–Crippen LogP) is 1.03. The molecule has 3 fully saturated rings. The second-order valence-electron chi connectivity index (χ2n) is 6.14. The van der Waals surface area contributed by atoms with Gasteiger partial charge in [0.2, 0.25) is 0 Å². The summed E-state index contributed by atoms with van der Waals surface area (Å²) >= 11 is 0. The molecule has 0 bridgehead atoms. The molecule has 6 heteroatoms. The highest BCUT2D eigenvalue weighted by Gasteiger charge is 2.59. The third kappa shape index (κ3) is 2.41. The van der Waals surface area contributed by atoms with Gasteiger partial charge in [-0.05, 0) is 27.7 Å². The first-order valence-electron chi connectivity index (χ1n) is 6.67. The van der Waals surface area contributed by atoms with Crippen molar-refractivity contribution in [2.45, 2.75) is 70.0 Å². The summed E-state index contributed by atoms with van der Waals surface area (Å²) in [6, 6.07) is 0. The third-order valence-electron chi connectivity index (χ3n) is 3.68. The lowest BCUT2D eigenvalue weighted by Gasteiger charge is -2.26. The minimum atomic E-state index is -0.622. The summed E-state index contributed by atoms with van der Waals surface area (Å²) in [4.78, 5) is 0. The Balaban J connectivity index is 1.76. The smallest absolute Gasteiger partial charge is 0.186 e. The van der Waals surface area contributed by atoms with Crippen LogP contribution in [0.25, 0.3) is 0 Å². The van der Waals surface area contributed by atoms with Crippen LogP contribution in [-0.2, 0) is 28.4 Å². The average molecular weight is 274 g/mol. The molecule has 0 aliphatic carbocycles. The molecule has 0 spiro atoms. The number of hydrogen-bond acceptors (Lipinski definition) is 6. The van der Waals surface area contributed by atoms with Crippen molar-refractivity contribution in [3.63, 3.8) is 0 Å². The average Bonchev–Trinajstić information content (AvgIpc) is 2.89. The summed E-state index contributed by atoms with van der Waals surface area (Å²) in [6.07, 6.45) is -1.25. The fourth-order valence-corrected chi connectivity index (χ4v) is 2.96. The highest BCUT2D eigenvalue weighted by Crippen LogP contribution is 2.42. The summed E-state index contributed by atoms with van der Waals surface area (Å²) in [5.74, 6) is -1.20. The summed E-state index contributed by atoms with van der Waals surface area (Å²) in [5.41, 5.74) is 0. The second-order valence-corrected chi connectivity index (χ2v) is 6.14. The number of hydrogen-bond donors (Lipinski definition) is 0. The van der Waals surface area contributed by atoms with Crippen LogP contribution in [0.15, 0.2) is 0 Å². The van der Waals surface area contributed by atoms with Crippen molar-refractivity contribution in [2.24, 2.45) is 0 Å². The van der Waals surface area contributed by atoms with E-state index in [2.05, 4.69) is 0 Å². The molecule has 5 atom stereocenters. The monoisotopic (exact) mass is 274 g/mol. The van der Waals surface area contributed by atoms with E-state index >= 15 is 0 Å². The van der Waals surface area contributed by atoms with Gasteiger partial charge in [0.05, 0.1) is 6.61 Å². The molecule has 3 aliphatic heterocycles. The van der Waals surface area contributed by atoms with E-state index in [0.717, 1.165) is 0 Å². The highest BCUT2D eigenvalue weighted by atomic mass is 16.8. The van der Waals surface area contributed by atoms with E-state index in [4.69, 9.17) is 28.4 Å². The SMILES string of the molecule is COC1O[C@H]([C@@H]2COC(C)(C)O2)[C@@H]2OC(C)(C)O[C@H]12. The topological polar surface area (TPSA) is 55.4 Å². The maximum absolute atomic E-state index is 5.94. The predicted molar refractivity (Wildman–Crippen MR) is 64.4 cm³/mol. The van der Waals surface area contributed by atoms with Crippen LogP contribution in [0.1, 0.15) is 27.7 Å². The Bertz CT molecular complexity index is 355. The minimum Gasteiger partial charge on any atom is -0.353 e. The van der Waals surface area contributed by atoms with E-state index in [-0.39, 0.29) is 24.4 Å². The van der Waals surface area contributed by atoms with Crippen LogP contribution in [0.4, 0.5) is 0 Å². The molecule has 110 valence electrons. The largest absolute Gasteiger partial charge is 0.353 e. The van der Waals surface area contributed by atoms with Gasteiger partial charge >= 0.3 is 0 Å². The Kier molecular flexibility index (Phi) is 3.16.